The number of amides is 1. The average molecular weight is 375 g/mol. The standard InChI is InChI=1S/C23H21NO4/c1-5-10-24-20(15-6-8-16(27-4)9-7-15)19-21(25)18-14(3)11-13(2)12-17(18)28-22(19)23(24)26/h5-9,11-12,20H,1,10H2,2-4H3. The molecule has 0 fully saturated rings. The summed E-state index contributed by atoms with van der Waals surface area (Å²) in [6, 6.07) is 10.6. The number of ether oxygens (including phenoxy) is 1. The first-order valence-corrected chi connectivity index (χ1v) is 9.10. The fourth-order valence-corrected chi connectivity index (χ4v) is 3.97. The van der Waals surface area contributed by atoms with Gasteiger partial charge in [-0.2, -0.15) is 0 Å². The maximum atomic E-state index is 13.5. The van der Waals surface area contributed by atoms with Gasteiger partial charge in [-0.3, -0.25) is 9.59 Å². The second kappa shape index (κ2) is 6.68. The molecule has 0 bridgehead atoms. The van der Waals surface area contributed by atoms with Gasteiger partial charge in [0, 0.05) is 6.54 Å². The van der Waals surface area contributed by atoms with Crippen LogP contribution < -0.4 is 10.2 Å². The van der Waals surface area contributed by atoms with Gasteiger partial charge in [-0.05, 0) is 48.7 Å². The number of methoxy groups -OCH3 is 1. The Morgan fingerprint density at radius 2 is 1.89 bits per heavy atom. The Morgan fingerprint density at radius 1 is 1.18 bits per heavy atom. The molecule has 2 aromatic carbocycles. The van der Waals surface area contributed by atoms with Gasteiger partial charge in [-0.25, -0.2) is 0 Å². The maximum Gasteiger partial charge on any atom is 0.291 e. The number of aryl methyl sites for hydroxylation is 2. The number of benzene rings is 2. The molecule has 1 aliphatic heterocycles. The summed E-state index contributed by atoms with van der Waals surface area (Å²) in [5.41, 5.74) is 3.32. The summed E-state index contributed by atoms with van der Waals surface area (Å²) in [4.78, 5) is 28.2. The van der Waals surface area contributed by atoms with Gasteiger partial charge in [0.15, 0.2) is 5.43 Å². The smallest absolute Gasteiger partial charge is 0.291 e. The molecule has 5 nitrogen and oxygen atoms in total. The largest absolute Gasteiger partial charge is 0.497 e. The van der Waals surface area contributed by atoms with E-state index in [1.807, 2.05) is 44.2 Å². The number of carbonyl (C=O) groups excluding carboxylic acids is 1. The van der Waals surface area contributed by atoms with Gasteiger partial charge < -0.3 is 14.1 Å². The van der Waals surface area contributed by atoms with Crippen LogP contribution in [0.4, 0.5) is 0 Å². The molecule has 1 atom stereocenters. The minimum absolute atomic E-state index is 0.116. The highest BCUT2D eigenvalue weighted by atomic mass is 16.5. The molecular weight excluding hydrogens is 354 g/mol. The molecule has 1 aromatic heterocycles. The van der Waals surface area contributed by atoms with E-state index in [1.165, 1.54) is 0 Å². The Morgan fingerprint density at radius 3 is 2.54 bits per heavy atom. The van der Waals surface area contributed by atoms with Crippen LogP contribution in [-0.4, -0.2) is 24.5 Å². The summed E-state index contributed by atoms with van der Waals surface area (Å²) >= 11 is 0. The predicted octanol–water partition coefficient (Wildman–Crippen LogP) is 4.15. The fraction of sp³-hybridized carbons (Fsp3) is 0.217. The van der Waals surface area contributed by atoms with Crippen LogP contribution in [0.1, 0.15) is 38.9 Å². The van der Waals surface area contributed by atoms with Crippen molar-refractivity contribution in [1.29, 1.82) is 0 Å². The minimum Gasteiger partial charge on any atom is -0.497 e. The van der Waals surface area contributed by atoms with Crippen molar-refractivity contribution in [3.8, 4) is 5.75 Å². The van der Waals surface area contributed by atoms with Crippen molar-refractivity contribution in [2.24, 2.45) is 0 Å². The summed E-state index contributed by atoms with van der Waals surface area (Å²) in [6.07, 6.45) is 1.65. The van der Waals surface area contributed by atoms with Crippen molar-refractivity contribution in [2.75, 3.05) is 13.7 Å². The van der Waals surface area contributed by atoms with E-state index in [2.05, 4.69) is 6.58 Å². The zero-order valence-electron chi connectivity index (χ0n) is 16.1. The molecule has 0 N–H and O–H groups in total. The number of fused-ring (bicyclic) bond motifs is 2. The van der Waals surface area contributed by atoms with Crippen LogP contribution in [0.15, 0.2) is 58.3 Å². The van der Waals surface area contributed by atoms with Gasteiger partial charge in [0.05, 0.1) is 24.1 Å². The Labute approximate surface area is 162 Å². The molecule has 5 heteroatoms. The summed E-state index contributed by atoms with van der Waals surface area (Å²) < 4.78 is 11.2. The van der Waals surface area contributed by atoms with E-state index in [9.17, 15) is 9.59 Å². The van der Waals surface area contributed by atoms with Crippen molar-refractivity contribution in [2.45, 2.75) is 19.9 Å². The number of nitrogens with zero attached hydrogens (tertiary/aromatic N) is 1. The molecule has 0 aliphatic carbocycles. The summed E-state index contributed by atoms with van der Waals surface area (Å²) in [6.45, 7) is 7.89. The van der Waals surface area contributed by atoms with Crippen LogP contribution in [0.2, 0.25) is 0 Å². The van der Waals surface area contributed by atoms with Gasteiger partial charge in [-0.1, -0.05) is 24.3 Å². The molecule has 1 aliphatic rings. The van der Waals surface area contributed by atoms with Crippen molar-refractivity contribution in [3.05, 3.63) is 87.3 Å². The lowest BCUT2D eigenvalue weighted by atomic mass is 9.97. The first-order valence-electron chi connectivity index (χ1n) is 9.10. The predicted molar refractivity (Wildman–Crippen MR) is 108 cm³/mol. The highest BCUT2D eigenvalue weighted by Crippen LogP contribution is 2.38. The average Bonchev–Trinajstić information content (AvgIpc) is 2.94. The third-order valence-electron chi connectivity index (χ3n) is 5.17. The van der Waals surface area contributed by atoms with E-state index >= 15 is 0 Å². The molecular formula is C23H21NO4. The lowest BCUT2D eigenvalue weighted by Gasteiger charge is -2.23. The molecule has 0 radical (unpaired) electrons. The zero-order chi connectivity index (χ0) is 20.0. The number of carbonyl (C=O) groups is 1. The Bertz CT molecular complexity index is 1160. The zero-order valence-corrected chi connectivity index (χ0v) is 16.1. The van der Waals surface area contributed by atoms with Crippen molar-refractivity contribution < 1.29 is 13.9 Å². The molecule has 142 valence electrons. The van der Waals surface area contributed by atoms with Gasteiger partial charge in [0.2, 0.25) is 5.76 Å². The third kappa shape index (κ3) is 2.62. The van der Waals surface area contributed by atoms with Crippen LogP contribution in [0.3, 0.4) is 0 Å². The first-order chi connectivity index (χ1) is 13.5. The molecule has 2 heterocycles. The highest BCUT2D eigenvalue weighted by molar-refractivity contribution is 5.99. The fourth-order valence-electron chi connectivity index (χ4n) is 3.97. The van der Waals surface area contributed by atoms with E-state index in [0.717, 1.165) is 16.7 Å². The quantitative estimate of drug-likeness (QED) is 0.643. The van der Waals surface area contributed by atoms with Crippen LogP contribution in [0, 0.1) is 13.8 Å². The minimum atomic E-state index is -0.521. The monoisotopic (exact) mass is 375 g/mol. The van der Waals surface area contributed by atoms with Crippen molar-refractivity contribution in [1.82, 2.24) is 4.90 Å². The Balaban J connectivity index is 2.01. The lowest BCUT2D eigenvalue weighted by molar-refractivity contribution is 0.0748. The molecule has 4 rings (SSSR count). The van der Waals surface area contributed by atoms with Gasteiger partial charge >= 0.3 is 0 Å². The van der Waals surface area contributed by atoms with E-state index in [4.69, 9.17) is 9.15 Å². The van der Waals surface area contributed by atoms with E-state index in [1.54, 1.807) is 24.2 Å². The molecule has 0 saturated carbocycles. The Kier molecular flexibility index (Phi) is 4.30. The molecule has 0 spiro atoms. The summed E-state index contributed by atoms with van der Waals surface area (Å²) in [7, 11) is 1.60. The number of rotatable bonds is 4. The van der Waals surface area contributed by atoms with E-state index < -0.39 is 6.04 Å². The molecule has 3 aromatic rings. The van der Waals surface area contributed by atoms with Crippen LogP contribution in [0.25, 0.3) is 11.0 Å². The van der Waals surface area contributed by atoms with Crippen molar-refractivity contribution >= 4 is 16.9 Å². The molecule has 1 unspecified atom stereocenters. The SMILES string of the molecule is C=CCN1C(=O)c2oc3cc(C)cc(C)c3c(=O)c2C1c1ccc(OC)cc1. The van der Waals surface area contributed by atoms with Crippen LogP contribution in [0.5, 0.6) is 5.75 Å². The highest BCUT2D eigenvalue weighted by Gasteiger charge is 2.42. The van der Waals surface area contributed by atoms with Gasteiger partial charge in [0.25, 0.3) is 5.91 Å². The number of hydrogen-bond donors (Lipinski definition) is 0. The van der Waals surface area contributed by atoms with Gasteiger partial charge in [-0.15, -0.1) is 6.58 Å². The summed E-state index contributed by atoms with van der Waals surface area (Å²) in [5, 5.41) is 0.524. The molecule has 1 amide bonds. The van der Waals surface area contributed by atoms with Crippen LogP contribution in [-0.2, 0) is 0 Å². The maximum absolute atomic E-state index is 13.5. The lowest BCUT2D eigenvalue weighted by Crippen LogP contribution is -2.29. The normalized spacial score (nSPS) is 15.8. The first kappa shape index (κ1) is 18.0. The second-order valence-corrected chi connectivity index (χ2v) is 7.05. The molecule has 0 saturated heterocycles. The summed E-state index contributed by atoms with van der Waals surface area (Å²) in [5.74, 6) is 0.527. The number of hydrogen-bond acceptors (Lipinski definition) is 4. The Hall–Kier alpha value is -3.34. The van der Waals surface area contributed by atoms with E-state index in [-0.39, 0.29) is 17.1 Å². The van der Waals surface area contributed by atoms with Gasteiger partial charge in [0.1, 0.15) is 11.3 Å². The van der Waals surface area contributed by atoms with Crippen molar-refractivity contribution in [3.63, 3.8) is 0 Å². The van der Waals surface area contributed by atoms with Crippen LogP contribution >= 0.6 is 0 Å². The third-order valence-corrected chi connectivity index (χ3v) is 5.17. The van der Waals surface area contributed by atoms with E-state index in [0.29, 0.717) is 28.8 Å². The topological polar surface area (TPSA) is 59.8 Å². The second-order valence-electron chi connectivity index (χ2n) is 7.05. The molecule has 28 heavy (non-hydrogen) atoms.